The van der Waals surface area contributed by atoms with Gasteiger partial charge in [-0.25, -0.2) is 0 Å². The van der Waals surface area contributed by atoms with Crippen molar-refractivity contribution >= 4 is 5.97 Å². The lowest BCUT2D eigenvalue weighted by atomic mass is 10.0. The molecular weight excluding hydrogens is 384 g/mol. The van der Waals surface area contributed by atoms with Crippen molar-refractivity contribution in [3.05, 3.63) is 0 Å². The van der Waals surface area contributed by atoms with Crippen molar-refractivity contribution < 1.29 is 14.3 Å². The Morgan fingerprint density at radius 2 is 0.839 bits per heavy atom. The zero-order valence-corrected chi connectivity index (χ0v) is 21.4. The summed E-state index contributed by atoms with van der Waals surface area (Å²) in [4.78, 5) is 11.6. The van der Waals surface area contributed by atoms with E-state index in [-0.39, 0.29) is 5.97 Å². The number of carbonyl (C=O) groups excluding carboxylic acids is 1. The van der Waals surface area contributed by atoms with Gasteiger partial charge in [-0.15, -0.1) is 0 Å². The highest BCUT2D eigenvalue weighted by molar-refractivity contribution is 5.69. The molecule has 0 aliphatic heterocycles. The zero-order valence-electron chi connectivity index (χ0n) is 21.4. The van der Waals surface area contributed by atoms with Crippen LogP contribution in [0.25, 0.3) is 0 Å². The highest BCUT2D eigenvalue weighted by Gasteiger charge is 2.02. The molecule has 0 aliphatic carbocycles. The third-order valence-corrected chi connectivity index (χ3v) is 6.12. The second kappa shape index (κ2) is 27.5. The number of carbonyl (C=O) groups is 1. The maximum atomic E-state index is 11.6. The Bertz CT molecular complexity index is 343. The molecule has 3 nitrogen and oxygen atoms in total. The molecule has 0 N–H and O–H groups in total. The highest BCUT2D eigenvalue weighted by atomic mass is 16.6. The molecule has 0 saturated heterocycles. The summed E-state index contributed by atoms with van der Waals surface area (Å²) < 4.78 is 10.8. The van der Waals surface area contributed by atoms with Gasteiger partial charge in [-0.3, -0.25) is 4.79 Å². The maximum Gasteiger partial charge on any atom is 0.305 e. The average Bonchev–Trinajstić information content (AvgIpc) is 2.77. The Morgan fingerprint density at radius 1 is 0.452 bits per heavy atom. The van der Waals surface area contributed by atoms with E-state index in [4.69, 9.17) is 9.47 Å². The molecule has 0 heterocycles. The molecule has 186 valence electrons. The number of ether oxygens (including phenoxy) is 2. The summed E-state index contributed by atoms with van der Waals surface area (Å²) in [6, 6.07) is 0. The molecule has 0 saturated carbocycles. The van der Waals surface area contributed by atoms with Crippen molar-refractivity contribution in [2.24, 2.45) is 0 Å². The summed E-state index contributed by atoms with van der Waals surface area (Å²) in [5.41, 5.74) is 0. The monoisotopic (exact) mass is 440 g/mol. The van der Waals surface area contributed by atoms with Crippen LogP contribution in [0.4, 0.5) is 0 Å². The number of esters is 1. The lowest BCUT2D eigenvalue weighted by molar-refractivity contribution is -0.145. The second-order valence-corrected chi connectivity index (χ2v) is 9.30. The predicted octanol–water partition coefficient (Wildman–Crippen LogP) is 9.17. The van der Waals surface area contributed by atoms with Crippen molar-refractivity contribution in [1.82, 2.24) is 0 Å². The van der Waals surface area contributed by atoms with Gasteiger partial charge in [0.1, 0.15) is 6.61 Å². The molecule has 0 aliphatic rings. The quantitative estimate of drug-likeness (QED) is 0.0993. The summed E-state index contributed by atoms with van der Waals surface area (Å²) in [7, 11) is 0. The van der Waals surface area contributed by atoms with Crippen LogP contribution in [-0.4, -0.2) is 25.8 Å². The molecular formula is C28H56O3. The Hall–Kier alpha value is -0.570. The topological polar surface area (TPSA) is 35.5 Å². The number of unbranched alkanes of at least 4 members (excludes halogenated alkanes) is 19. The van der Waals surface area contributed by atoms with Crippen LogP contribution in [0.2, 0.25) is 0 Å². The van der Waals surface area contributed by atoms with Crippen molar-refractivity contribution in [3.8, 4) is 0 Å². The molecule has 0 unspecified atom stereocenters. The summed E-state index contributed by atoms with van der Waals surface area (Å²) in [6.07, 6.45) is 28.6. The zero-order chi connectivity index (χ0) is 22.7. The first-order valence-electron chi connectivity index (χ1n) is 14.0. The van der Waals surface area contributed by atoms with Crippen molar-refractivity contribution in [2.45, 2.75) is 155 Å². The van der Waals surface area contributed by atoms with Gasteiger partial charge in [0, 0.05) is 13.0 Å². The number of hydrogen-bond acceptors (Lipinski definition) is 3. The van der Waals surface area contributed by atoms with Gasteiger partial charge in [-0.05, 0) is 12.8 Å². The lowest BCUT2D eigenvalue weighted by Gasteiger charge is -2.06. The first-order valence-corrected chi connectivity index (χ1v) is 14.0. The van der Waals surface area contributed by atoms with E-state index in [9.17, 15) is 4.79 Å². The van der Waals surface area contributed by atoms with E-state index in [2.05, 4.69) is 13.8 Å². The summed E-state index contributed by atoms with van der Waals surface area (Å²) in [5.74, 6) is -0.0671. The molecule has 3 heteroatoms. The van der Waals surface area contributed by atoms with Gasteiger partial charge in [0.2, 0.25) is 0 Å². The Labute approximate surface area is 195 Å². The molecule has 0 amide bonds. The van der Waals surface area contributed by atoms with Crippen LogP contribution in [0.1, 0.15) is 155 Å². The van der Waals surface area contributed by atoms with E-state index >= 15 is 0 Å². The summed E-state index contributed by atoms with van der Waals surface area (Å²) >= 11 is 0. The average molecular weight is 441 g/mol. The third kappa shape index (κ3) is 27.4. The van der Waals surface area contributed by atoms with Crippen LogP contribution in [0.3, 0.4) is 0 Å². The standard InChI is InChI=1S/C28H56O3/c1-3-5-7-9-10-11-12-13-14-15-16-17-18-19-21-23-25-30-26-27-31-28(29)24-22-20-8-6-4-2/h3-27H2,1-2H3. The normalized spacial score (nSPS) is 11.2. The first-order chi connectivity index (χ1) is 15.3. The Kier molecular flexibility index (Phi) is 27.0. The molecule has 0 bridgehead atoms. The molecule has 0 radical (unpaired) electrons. The number of rotatable bonds is 26. The molecule has 0 fully saturated rings. The van der Waals surface area contributed by atoms with Crippen LogP contribution in [0.15, 0.2) is 0 Å². The van der Waals surface area contributed by atoms with E-state index < -0.39 is 0 Å². The fourth-order valence-electron chi connectivity index (χ4n) is 4.01. The molecule has 0 aromatic heterocycles. The molecule has 31 heavy (non-hydrogen) atoms. The Balaban J connectivity index is 3.08. The maximum absolute atomic E-state index is 11.6. The van der Waals surface area contributed by atoms with Crippen LogP contribution >= 0.6 is 0 Å². The van der Waals surface area contributed by atoms with E-state index in [0.29, 0.717) is 19.6 Å². The summed E-state index contributed by atoms with van der Waals surface area (Å²) in [5, 5.41) is 0. The van der Waals surface area contributed by atoms with E-state index in [1.807, 2.05) is 0 Å². The fourth-order valence-corrected chi connectivity index (χ4v) is 4.01. The SMILES string of the molecule is CCCCCCCCCCCCCCCCCCOCCOC(=O)CCCCCCC. The van der Waals surface area contributed by atoms with Gasteiger partial charge in [0.25, 0.3) is 0 Å². The van der Waals surface area contributed by atoms with Gasteiger partial charge in [-0.1, -0.05) is 136 Å². The summed E-state index contributed by atoms with van der Waals surface area (Å²) in [6.45, 7) is 6.24. The van der Waals surface area contributed by atoms with Gasteiger partial charge in [-0.2, -0.15) is 0 Å². The molecule has 0 atom stereocenters. The minimum absolute atomic E-state index is 0.0671. The molecule has 0 aromatic rings. The highest BCUT2D eigenvalue weighted by Crippen LogP contribution is 2.13. The minimum atomic E-state index is -0.0671. The first kappa shape index (κ1) is 30.4. The van der Waals surface area contributed by atoms with Gasteiger partial charge < -0.3 is 9.47 Å². The predicted molar refractivity (Wildman–Crippen MR) is 135 cm³/mol. The molecule has 0 aromatic carbocycles. The third-order valence-electron chi connectivity index (χ3n) is 6.12. The van der Waals surface area contributed by atoms with Crippen LogP contribution in [-0.2, 0) is 14.3 Å². The fraction of sp³-hybridized carbons (Fsp3) is 0.964. The van der Waals surface area contributed by atoms with Crippen LogP contribution in [0.5, 0.6) is 0 Å². The molecule has 0 spiro atoms. The second-order valence-electron chi connectivity index (χ2n) is 9.30. The lowest BCUT2D eigenvalue weighted by Crippen LogP contribution is -2.10. The number of hydrogen-bond donors (Lipinski definition) is 0. The van der Waals surface area contributed by atoms with Gasteiger partial charge in [0.15, 0.2) is 0 Å². The van der Waals surface area contributed by atoms with Gasteiger partial charge >= 0.3 is 5.97 Å². The van der Waals surface area contributed by atoms with Crippen molar-refractivity contribution in [3.63, 3.8) is 0 Å². The minimum Gasteiger partial charge on any atom is -0.463 e. The smallest absolute Gasteiger partial charge is 0.305 e. The van der Waals surface area contributed by atoms with Crippen molar-refractivity contribution in [1.29, 1.82) is 0 Å². The Morgan fingerprint density at radius 3 is 1.29 bits per heavy atom. The van der Waals surface area contributed by atoms with Crippen LogP contribution < -0.4 is 0 Å². The van der Waals surface area contributed by atoms with E-state index in [1.54, 1.807) is 0 Å². The van der Waals surface area contributed by atoms with Gasteiger partial charge in [0.05, 0.1) is 6.61 Å². The van der Waals surface area contributed by atoms with Crippen molar-refractivity contribution in [2.75, 3.05) is 19.8 Å². The van der Waals surface area contributed by atoms with Crippen LogP contribution in [0, 0.1) is 0 Å². The van der Waals surface area contributed by atoms with E-state index in [0.717, 1.165) is 25.9 Å². The molecule has 0 rings (SSSR count). The largest absolute Gasteiger partial charge is 0.463 e. The van der Waals surface area contributed by atoms with E-state index in [1.165, 1.54) is 116 Å².